The van der Waals surface area contributed by atoms with E-state index < -0.39 is 0 Å². The second-order valence-corrected chi connectivity index (χ2v) is 4.16. The van der Waals surface area contributed by atoms with E-state index in [2.05, 4.69) is 15.9 Å². The van der Waals surface area contributed by atoms with Crippen molar-refractivity contribution in [2.75, 3.05) is 6.54 Å². The maximum atomic E-state index is 9.65. The average Bonchev–Trinajstić information content (AvgIpc) is 2.13. The van der Waals surface area contributed by atoms with Crippen LogP contribution in [0, 0.1) is 0 Å². The minimum absolute atomic E-state index is 0.0553. The van der Waals surface area contributed by atoms with Crippen LogP contribution < -0.4 is 5.73 Å². The van der Waals surface area contributed by atoms with Crippen LogP contribution >= 0.6 is 15.9 Å². The number of phenolic OH excluding ortho intramolecular Hbond substituents is 2. The van der Waals surface area contributed by atoms with E-state index in [9.17, 15) is 10.2 Å². The van der Waals surface area contributed by atoms with Crippen LogP contribution in [-0.4, -0.2) is 16.8 Å². The van der Waals surface area contributed by atoms with E-state index in [0.29, 0.717) is 6.54 Å². The van der Waals surface area contributed by atoms with Gasteiger partial charge in [0.2, 0.25) is 0 Å². The molecule has 0 aliphatic rings. The molecule has 1 rings (SSSR count). The SMILES string of the molecule is CC(CCN)c1c(Br)ccc(O)c1O. The normalized spacial score (nSPS) is 12.8. The predicted molar refractivity (Wildman–Crippen MR) is 59.6 cm³/mol. The van der Waals surface area contributed by atoms with E-state index >= 15 is 0 Å². The van der Waals surface area contributed by atoms with Crippen molar-refractivity contribution in [3.05, 3.63) is 22.2 Å². The summed E-state index contributed by atoms with van der Waals surface area (Å²) in [5.74, 6) is -0.0196. The first kappa shape index (κ1) is 11.3. The summed E-state index contributed by atoms with van der Waals surface area (Å²) in [6, 6.07) is 3.18. The molecule has 4 heteroatoms. The fourth-order valence-electron chi connectivity index (χ4n) is 1.44. The highest BCUT2D eigenvalue weighted by molar-refractivity contribution is 9.10. The summed E-state index contributed by atoms with van der Waals surface area (Å²) in [5, 5.41) is 19.0. The minimum Gasteiger partial charge on any atom is -0.504 e. The molecule has 78 valence electrons. The summed E-state index contributed by atoms with van der Waals surface area (Å²) >= 11 is 3.34. The van der Waals surface area contributed by atoms with Crippen molar-refractivity contribution in [2.24, 2.45) is 5.73 Å². The first-order valence-electron chi connectivity index (χ1n) is 4.48. The number of halogens is 1. The van der Waals surface area contributed by atoms with Crippen LogP contribution in [0.4, 0.5) is 0 Å². The van der Waals surface area contributed by atoms with Gasteiger partial charge in [-0.25, -0.2) is 0 Å². The zero-order chi connectivity index (χ0) is 10.7. The molecule has 14 heavy (non-hydrogen) atoms. The molecule has 0 saturated carbocycles. The maximum Gasteiger partial charge on any atom is 0.162 e. The molecular weight excluding hydrogens is 246 g/mol. The molecule has 1 aromatic carbocycles. The van der Waals surface area contributed by atoms with Crippen LogP contribution in [0.15, 0.2) is 16.6 Å². The lowest BCUT2D eigenvalue weighted by Gasteiger charge is -2.15. The molecule has 0 aliphatic carbocycles. The van der Waals surface area contributed by atoms with Crippen LogP contribution in [-0.2, 0) is 0 Å². The molecule has 1 atom stereocenters. The smallest absolute Gasteiger partial charge is 0.162 e. The summed E-state index contributed by atoms with van der Waals surface area (Å²) < 4.78 is 0.800. The van der Waals surface area contributed by atoms with E-state index in [1.165, 1.54) is 6.07 Å². The van der Waals surface area contributed by atoms with Crippen molar-refractivity contribution in [1.29, 1.82) is 0 Å². The molecule has 4 N–H and O–H groups in total. The van der Waals surface area contributed by atoms with E-state index in [4.69, 9.17) is 5.73 Å². The second-order valence-electron chi connectivity index (χ2n) is 3.31. The highest BCUT2D eigenvalue weighted by atomic mass is 79.9. The highest BCUT2D eigenvalue weighted by Crippen LogP contribution is 2.39. The van der Waals surface area contributed by atoms with Crippen LogP contribution in [0.25, 0.3) is 0 Å². The third kappa shape index (κ3) is 2.19. The van der Waals surface area contributed by atoms with Crippen molar-refractivity contribution in [2.45, 2.75) is 19.3 Å². The van der Waals surface area contributed by atoms with Crippen molar-refractivity contribution >= 4 is 15.9 Å². The zero-order valence-corrected chi connectivity index (χ0v) is 9.58. The Bertz CT molecular complexity index is 328. The van der Waals surface area contributed by atoms with Crippen LogP contribution in [0.1, 0.15) is 24.8 Å². The van der Waals surface area contributed by atoms with Gasteiger partial charge in [0.1, 0.15) is 0 Å². The van der Waals surface area contributed by atoms with Gasteiger partial charge in [0.05, 0.1) is 0 Å². The molecule has 1 aromatic rings. The van der Waals surface area contributed by atoms with Crippen molar-refractivity contribution in [3.63, 3.8) is 0 Å². The average molecular weight is 260 g/mol. The number of benzene rings is 1. The van der Waals surface area contributed by atoms with Gasteiger partial charge in [-0.05, 0) is 31.0 Å². The topological polar surface area (TPSA) is 66.5 Å². The van der Waals surface area contributed by atoms with E-state index in [1.807, 2.05) is 6.92 Å². The monoisotopic (exact) mass is 259 g/mol. The molecular formula is C10H14BrNO2. The summed E-state index contributed by atoms with van der Waals surface area (Å²) in [6.07, 6.45) is 0.773. The van der Waals surface area contributed by atoms with Crippen molar-refractivity contribution in [3.8, 4) is 11.5 Å². The molecule has 1 unspecified atom stereocenters. The molecule has 0 saturated heterocycles. The largest absolute Gasteiger partial charge is 0.504 e. The number of hydrogen-bond acceptors (Lipinski definition) is 3. The molecule has 0 aliphatic heterocycles. The van der Waals surface area contributed by atoms with Gasteiger partial charge < -0.3 is 15.9 Å². The second kappa shape index (κ2) is 4.66. The lowest BCUT2D eigenvalue weighted by Crippen LogP contribution is -2.05. The van der Waals surface area contributed by atoms with Crippen LogP contribution in [0.5, 0.6) is 11.5 Å². The lowest BCUT2D eigenvalue weighted by molar-refractivity contribution is 0.395. The fraction of sp³-hybridized carbons (Fsp3) is 0.400. The highest BCUT2D eigenvalue weighted by Gasteiger charge is 2.16. The summed E-state index contributed by atoms with van der Waals surface area (Å²) in [4.78, 5) is 0. The first-order chi connectivity index (χ1) is 6.57. The Morgan fingerprint density at radius 1 is 1.43 bits per heavy atom. The predicted octanol–water partition coefficient (Wildman–Crippen LogP) is 2.31. The first-order valence-corrected chi connectivity index (χ1v) is 5.27. The van der Waals surface area contributed by atoms with Gasteiger partial charge in [0.15, 0.2) is 11.5 Å². The molecule has 3 nitrogen and oxygen atoms in total. The molecule has 0 spiro atoms. The van der Waals surface area contributed by atoms with E-state index in [-0.39, 0.29) is 17.4 Å². The Balaban J connectivity index is 3.11. The third-order valence-electron chi connectivity index (χ3n) is 2.24. The van der Waals surface area contributed by atoms with Gasteiger partial charge in [-0.2, -0.15) is 0 Å². The number of nitrogens with two attached hydrogens (primary N) is 1. The van der Waals surface area contributed by atoms with E-state index in [1.54, 1.807) is 6.07 Å². The Morgan fingerprint density at radius 3 is 2.64 bits per heavy atom. The summed E-state index contributed by atoms with van der Waals surface area (Å²) in [7, 11) is 0. The quantitative estimate of drug-likeness (QED) is 0.730. The van der Waals surface area contributed by atoms with Crippen molar-refractivity contribution < 1.29 is 10.2 Å². The Labute approximate surface area is 91.7 Å². The van der Waals surface area contributed by atoms with Gasteiger partial charge in [0.25, 0.3) is 0 Å². The van der Waals surface area contributed by atoms with Gasteiger partial charge in [-0.15, -0.1) is 0 Å². The van der Waals surface area contributed by atoms with E-state index in [0.717, 1.165) is 16.5 Å². The number of phenols is 2. The standard InChI is InChI=1S/C10H14BrNO2/c1-6(4-5-12)9-7(11)2-3-8(13)10(9)14/h2-3,6,13-14H,4-5,12H2,1H3. The maximum absolute atomic E-state index is 9.65. The van der Waals surface area contributed by atoms with Gasteiger partial charge >= 0.3 is 0 Å². The number of hydrogen-bond donors (Lipinski definition) is 3. The fourth-order valence-corrected chi connectivity index (χ4v) is 2.15. The molecule has 0 fully saturated rings. The Hall–Kier alpha value is -0.740. The minimum atomic E-state index is -0.0907. The lowest BCUT2D eigenvalue weighted by atomic mass is 9.96. The van der Waals surface area contributed by atoms with Gasteiger partial charge in [-0.3, -0.25) is 0 Å². The Morgan fingerprint density at radius 2 is 2.07 bits per heavy atom. The molecule has 0 aromatic heterocycles. The molecule has 0 radical (unpaired) electrons. The number of rotatable bonds is 3. The summed E-state index contributed by atoms with van der Waals surface area (Å²) in [5.41, 5.74) is 6.16. The van der Waals surface area contributed by atoms with Crippen molar-refractivity contribution in [1.82, 2.24) is 0 Å². The molecule has 0 bridgehead atoms. The van der Waals surface area contributed by atoms with Gasteiger partial charge in [-0.1, -0.05) is 22.9 Å². The van der Waals surface area contributed by atoms with Gasteiger partial charge in [0, 0.05) is 10.0 Å². The molecule has 0 heterocycles. The molecule has 0 amide bonds. The van der Waals surface area contributed by atoms with Crippen LogP contribution in [0.2, 0.25) is 0 Å². The zero-order valence-electron chi connectivity index (χ0n) is 8.00. The summed E-state index contributed by atoms with van der Waals surface area (Å²) in [6.45, 7) is 2.52. The number of aromatic hydroxyl groups is 2. The Kier molecular flexibility index (Phi) is 3.77. The third-order valence-corrected chi connectivity index (χ3v) is 2.93. The van der Waals surface area contributed by atoms with Crippen LogP contribution in [0.3, 0.4) is 0 Å².